The monoisotopic (exact) mass is 651 g/mol. The Morgan fingerprint density at radius 2 is 1.82 bits per heavy atom. The van der Waals surface area contributed by atoms with Crippen LogP contribution in [0.2, 0.25) is 5.02 Å². The van der Waals surface area contributed by atoms with Crippen LogP contribution in [0.3, 0.4) is 0 Å². The minimum Gasteiger partial charge on any atom is -0.400 e. The number of carbonyl (C=O) groups excluding carboxylic acids is 1. The van der Waals surface area contributed by atoms with E-state index in [1.54, 1.807) is 36.4 Å². The zero-order valence-corrected chi connectivity index (χ0v) is 27.1. The molecular weight excluding hydrogens is 607 g/mol. The van der Waals surface area contributed by atoms with Crippen molar-refractivity contribution in [3.63, 3.8) is 0 Å². The van der Waals surface area contributed by atoms with E-state index in [4.69, 9.17) is 22.7 Å². The topological polar surface area (TPSA) is 135 Å². The summed E-state index contributed by atoms with van der Waals surface area (Å²) < 4.78 is 39.4. The number of hydrogen-bond acceptors (Lipinski definition) is 6. The molecule has 45 heavy (non-hydrogen) atoms. The predicted octanol–water partition coefficient (Wildman–Crippen LogP) is 7.31. The van der Waals surface area contributed by atoms with Crippen LogP contribution >= 0.6 is 11.6 Å². The number of urea groups is 1. The van der Waals surface area contributed by atoms with Gasteiger partial charge in [-0.2, -0.15) is 13.2 Å². The molecule has 8 nitrogen and oxygen atoms in total. The third-order valence-corrected chi connectivity index (χ3v) is 8.09. The molecule has 6 N–H and O–H groups in total. The fraction of sp³-hybridized carbons (Fsp3) is 0.485. The van der Waals surface area contributed by atoms with Crippen LogP contribution in [0.5, 0.6) is 0 Å². The largest absolute Gasteiger partial charge is 0.400 e. The standard InChI is InChI=1S/C31H39ClF3N5O3.C2H6/c1-3-20(2)21-7-9-22(10-8-21)28(37)40(14-13-31(33,34)35)29(43)38-17-26(36)25-11-12-30(18-41,19-42)16-27(25)39-24-6-4-5-23(32)15-24;1-2/h4-10,15,20,37,41-42H,3,11-14,16-19,36H2,1-2H3,(H,38,43);1-2H3/b26-25-,37-28?,39-27?;. The van der Waals surface area contributed by atoms with E-state index in [9.17, 15) is 28.2 Å². The van der Waals surface area contributed by atoms with E-state index in [2.05, 4.69) is 10.3 Å². The number of nitrogens with one attached hydrogen (secondary N) is 2. The molecule has 2 aromatic rings. The zero-order chi connectivity index (χ0) is 33.8. The second-order valence-electron chi connectivity index (χ2n) is 11.0. The van der Waals surface area contributed by atoms with Crippen molar-refractivity contribution in [1.29, 1.82) is 5.41 Å². The van der Waals surface area contributed by atoms with Gasteiger partial charge in [-0.25, -0.2) is 4.79 Å². The SMILES string of the molecule is CC.CCC(C)c1ccc(C(=N)N(CCC(F)(F)F)C(=O)NC/C(N)=C2\CCC(CO)(CO)CC2=Nc2cccc(Cl)c2)cc1. The van der Waals surface area contributed by atoms with Crippen molar-refractivity contribution in [2.75, 3.05) is 26.3 Å². The highest BCUT2D eigenvalue weighted by molar-refractivity contribution is 6.30. The summed E-state index contributed by atoms with van der Waals surface area (Å²) in [6.07, 6.45) is -3.94. The van der Waals surface area contributed by atoms with Crippen LogP contribution in [0.4, 0.5) is 23.7 Å². The van der Waals surface area contributed by atoms with Crippen molar-refractivity contribution in [1.82, 2.24) is 10.2 Å². The lowest BCUT2D eigenvalue weighted by Gasteiger charge is -2.36. The van der Waals surface area contributed by atoms with E-state index < -0.39 is 30.6 Å². The minimum absolute atomic E-state index is 0.212. The summed E-state index contributed by atoms with van der Waals surface area (Å²) in [5.74, 6) is -0.0869. The Labute approximate surface area is 268 Å². The van der Waals surface area contributed by atoms with Crippen LogP contribution in [0.1, 0.15) is 76.8 Å². The summed E-state index contributed by atoms with van der Waals surface area (Å²) in [5.41, 5.74) is 8.82. The molecule has 1 aliphatic rings. The number of hydrogen-bond donors (Lipinski definition) is 5. The molecule has 2 amide bonds. The predicted molar refractivity (Wildman–Crippen MR) is 174 cm³/mol. The van der Waals surface area contributed by atoms with Crippen molar-refractivity contribution >= 4 is 34.9 Å². The lowest BCUT2D eigenvalue weighted by Crippen LogP contribution is -2.46. The second kappa shape index (κ2) is 17.3. The molecule has 1 fully saturated rings. The average molecular weight is 652 g/mol. The Balaban J connectivity index is 0.00000345. The molecule has 3 rings (SSSR count). The van der Waals surface area contributed by atoms with E-state index in [1.807, 2.05) is 39.8 Å². The molecule has 0 aliphatic heterocycles. The van der Waals surface area contributed by atoms with Gasteiger partial charge >= 0.3 is 12.2 Å². The first-order chi connectivity index (χ1) is 21.3. The summed E-state index contributed by atoms with van der Waals surface area (Å²) in [5, 5.41) is 31.6. The molecule has 0 bridgehead atoms. The number of halogens is 4. The number of aliphatic hydroxyl groups is 2. The smallest absolute Gasteiger partial charge is 0.390 e. The summed E-state index contributed by atoms with van der Waals surface area (Å²) in [7, 11) is 0. The highest BCUT2D eigenvalue weighted by Crippen LogP contribution is 2.38. The number of alkyl halides is 3. The number of nitrogens with two attached hydrogens (primary N) is 1. The van der Waals surface area contributed by atoms with Gasteiger partial charge in [-0.15, -0.1) is 0 Å². The Morgan fingerprint density at radius 1 is 1.18 bits per heavy atom. The molecule has 0 saturated heterocycles. The summed E-state index contributed by atoms with van der Waals surface area (Å²) >= 11 is 6.11. The van der Waals surface area contributed by atoms with Gasteiger partial charge in [0.1, 0.15) is 5.84 Å². The van der Waals surface area contributed by atoms with Gasteiger partial charge in [0, 0.05) is 40.4 Å². The Hall–Kier alpha value is -3.41. The van der Waals surface area contributed by atoms with Gasteiger partial charge in [0.15, 0.2) is 0 Å². The van der Waals surface area contributed by atoms with Crippen molar-refractivity contribution in [2.24, 2.45) is 16.1 Å². The molecule has 1 aliphatic carbocycles. The molecule has 0 aromatic heterocycles. The number of amides is 2. The first-order valence-electron chi connectivity index (χ1n) is 15.1. The lowest BCUT2D eigenvalue weighted by atomic mass is 9.72. The van der Waals surface area contributed by atoms with Gasteiger partial charge in [-0.05, 0) is 54.5 Å². The first-order valence-corrected chi connectivity index (χ1v) is 15.5. The van der Waals surface area contributed by atoms with Gasteiger partial charge in [-0.1, -0.05) is 69.6 Å². The molecule has 2 aromatic carbocycles. The number of nitrogens with zero attached hydrogens (tertiary/aromatic N) is 2. The van der Waals surface area contributed by atoms with Crippen LogP contribution in [0.15, 0.2) is 64.8 Å². The first kappa shape index (κ1) is 37.8. The maximum atomic E-state index is 13.2. The third-order valence-electron chi connectivity index (χ3n) is 7.86. The van der Waals surface area contributed by atoms with Crippen LogP contribution < -0.4 is 11.1 Å². The fourth-order valence-electron chi connectivity index (χ4n) is 4.85. The number of aliphatic imine (C=N–C) groups is 1. The second-order valence-corrected chi connectivity index (χ2v) is 11.4. The molecular formula is C33H45ClF3N5O3. The molecule has 0 spiro atoms. The van der Waals surface area contributed by atoms with Crippen molar-refractivity contribution < 1.29 is 28.2 Å². The summed E-state index contributed by atoms with van der Waals surface area (Å²) in [6.45, 7) is 6.60. The maximum absolute atomic E-state index is 13.2. The fourth-order valence-corrected chi connectivity index (χ4v) is 5.03. The van der Waals surface area contributed by atoms with Crippen LogP contribution in [0, 0.1) is 10.8 Å². The average Bonchev–Trinajstić information content (AvgIpc) is 3.03. The molecule has 1 saturated carbocycles. The minimum atomic E-state index is -4.53. The van der Waals surface area contributed by atoms with Gasteiger partial charge in [0.25, 0.3) is 0 Å². The van der Waals surface area contributed by atoms with E-state index in [-0.39, 0.29) is 43.6 Å². The van der Waals surface area contributed by atoms with E-state index >= 15 is 0 Å². The number of allylic oxidation sites excluding steroid dienone is 1. The normalized spacial score (nSPS) is 17.2. The number of aliphatic hydroxyl groups excluding tert-OH is 2. The molecule has 0 heterocycles. The third kappa shape index (κ3) is 10.9. The van der Waals surface area contributed by atoms with Gasteiger partial charge in [0.2, 0.25) is 0 Å². The van der Waals surface area contributed by atoms with Crippen molar-refractivity contribution in [2.45, 2.75) is 71.9 Å². The summed E-state index contributed by atoms with van der Waals surface area (Å²) in [6, 6.07) is 12.8. The molecule has 0 radical (unpaired) electrons. The van der Waals surface area contributed by atoms with Crippen LogP contribution in [0.25, 0.3) is 0 Å². The van der Waals surface area contributed by atoms with Gasteiger partial charge in [-0.3, -0.25) is 15.3 Å². The highest BCUT2D eigenvalue weighted by Gasteiger charge is 2.37. The van der Waals surface area contributed by atoms with Crippen molar-refractivity contribution in [3.05, 3.63) is 76.0 Å². The number of carbonyl (C=O) groups is 1. The summed E-state index contributed by atoms with van der Waals surface area (Å²) in [4.78, 5) is 18.6. The van der Waals surface area contributed by atoms with E-state index in [1.165, 1.54) is 0 Å². The van der Waals surface area contributed by atoms with Crippen LogP contribution in [-0.4, -0.2) is 65.2 Å². The highest BCUT2D eigenvalue weighted by atomic mass is 35.5. The molecule has 248 valence electrons. The maximum Gasteiger partial charge on any atom is 0.390 e. The number of rotatable bonds is 10. The quantitative estimate of drug-likeness (QED) is 0.136. The Bertz CT molecular complexity index is 1340. The zero-order valence-electron chi connectivity index (χ0n) is 26.3. The van der Waals surface area contributed by atoms with Crippen molar-refractivity contribution in [3.8, 4) is 0 Å². The molecule has 1 unspecified atom stereocenters. The van der Waals surface area contributed by atoms with Crippen LogP contribution in [-0.2, 0) is 0 Å². The number of benzene rings is 2. The van der Waals surface area contributed by atoms with Gasteiger partial charge < -0.3 is 21.3 Å². The van der Waals surface area contributed by atoms with E-state index in [0.29, 0.717) is 40.4 Å². The van der Waals surface area contributed by atoms with Gasteiger partial charge in [0.05, 0.1) is 31.9 Å². The lowest BCUT2D eigenvalue weighted by molar-refractivity contribution is -0.135. The Morgan fingerprint density at radius 3 is 2.38 bits per heavy atom. The number of amidine groups is 1. The Kier molecular flexibility index (Phi) is 14.5. The van der Waals surface area contributed by atoms with E-state index in [0.717, 1.165) is 16.9 Å². The molecule has 12 heteroatoms. The molecule has 1 atom stereocenters.